The molecule has 0 radical (unpaired) electrons. The zero-order valence-corrected chi connectivity index (χ0v) is 15.0. The lowest BCUT2D eigenvalue weighted by atomic mass is 10.1. The summed E-state index contributed by atoms with van der Waals surface area (Å²) in [4.78, 5) is 23.1. The summed E-state index contributed by atoms with van der Waals surface area (Å²) in [6, 6.07) is 3.84. The van der Waals surface area contributed by atoms with Crippen LogP contribution in [0.25, 0.3) is 10.2 Å². The van der Waals surface area contributed by atoms with Gasteiger partial charge in [-0.25, -0.2) is 0 Å². The van der Waals surface area contributed by atoms with Gasteiger partial charge in [0, 0.05) is 30.6 Å². The number of thiophene rings is 1. The smallest absolute Gasteiger partial charge is 0.255 e. The number of carbonyl (C=O) groups is 1. The lowest BCUT2D eigenvalue weighted by molar-refractivity contribution is 0.0783. The van der Waals surface area contributed by atoms with Crippen molar-refractivity contribution >= 4 is 27.5 Å². The molecule has 0 saturated heterocycles. The fourth-order valence-corrected chi connectivity index (χ4v) is 3.49. The van der Waals surface area contributed by atoms with Crippen molar-refractivity contribution < 1.29 is 9.53 Å². The summed E-state index contributed by atoms with van der Waals surface area (Å²) in [5, 5.41) is 1.97. The van der Waals surface area contributed by atoms with Crippen molar-refractivity contribution in [2.75, 3.05) is 14.2 Å². The molecule has 0 unspecified atom stereocenters. The quantitative estimate of drug-likeness (QED) is 0.728. The van der Waals surface area contributed by atoms with Crippen molar-refractivity contribution in [1.82, 2.24) is 14.9 Å². The number of fused-ring (bicyclic) bond motifs is 1. The fraction of sp³-hybridized carbons (Fsp3) is 0.278. The zero-order valence-electron chi connectivity index (χ0n) is 14.2. The van der Waals surface area contributed by atoms with E-state index in [0.29, 0.717) is 12.1 Å². The molecule has 0 aliphatic rings. The third-order valence-corrected chi connectivity index (χ3v) is 4.89. The number of hydrogen-bond donors (Lipinski definition) is 0. The van der Waals surface area contributed by atoms with Crippen LogP contribution in [-0.2, 0) is 6.54 Å². The molecule has 1 amide bonds. The Morgan fingerprint density at radius 2 is 2.08 bits per heavy atom. The van der Waals surface area contributed by atoms with E-state index in [1.807, 2.05) is 31.4 Å². The van der Waals surface area contributed by atoms with Crippen LogP contribution in [0.2, 0.25) is 0 Å². The lowest BCUT2D eigenvalue weighted by Crippen LogP contribution is -2.27. The van der Waals surface area contributed by atoms with Crippen LogP contribution in [0.4, 0.5) is 0 Å². The van der Waals surface area contributed by atoms with Gasteiger partial charge < -0.3 is 9.64 Å². The molecule has 3 aromatic heterocycles. The van der Waals surface area contributed by atoms with Crippen LogP contribution in [0.15, 0.2) is 29.9 Å². The van der Waals surface area contributed by atoms with Gasteiger partial charge in [0.05, 0.1) is 35.1 Å². The van der Waals surface area contributed by atoms with E-state index in [1.54, 1.807) is 42.8 Å². The maximum Gasteiger partial charge on any atom is 0.255 e. The minimum absolute atomic E-state index is 0.0708. The highest BCUT2D eigenvalue weighted by Crippen LogP contribution is 2.25. The van der Waals surface area contributed by atoms with Crippen LogP contribution in [0.3, 0.4) is 0 Å². The highest BCUT2D eigenvalue weighted by Gasteiger charge is 2.17. The monoisotopic (exact) mass is 341 g/mol. The van der Waals surface area contributed by atoms with Crippen LogP contribution in [0.5, 0.6) is 5.75 Å². The van der Waals surface area contributed by atoms with Gasteiger partial charge in [-0.3, -0.25) is 14.8 Å². The molecule has 5 nitrogen and oxygen atoms in total. The largest absolute Gasteiger partial charge is 0.496 e. The summed E-state index contributed by atoms with van der Waals surface area (Å²) in [6.45, 7) is 4.34. The van der Waals surface area contributed by atoms with E-state index < -0.39 is 0 Å². The summed E-state index contributed by atoms with van der Waals surface area (Å²) in [7, 11) is 3.42. The van der Waals surface area contributed by atoms with E-state index in [9.17, 15) is 4.79 Å². The highest BCUT2D eigenvalue weighted by atomic mass is 32.1. The molecule has 0 aliphatic carbocycles. The second-order valence-electron chi connectivity index (χ2n) is 5.74. The molecule has 0 N–H and O–H groups in total. The van der Waals surface area contributed by atoms with Crippen LogP contribution in [0, 0.1) is 13.8 Å². The summed E-state index contributed by atoms with van der Waals surface area (Å²) >= 11 is 1.58. The number of aryl methyl sites for hydroxylation is 1. The number of aromatic nitrogens is 2. The Morgan fingerprint density at radius 3 is 2.83 bits per heavy atom. The molecule has 24 heavy (non-hydrogen) atoms. The van der Waals surface area contributed by atoms with Crippen molar-refractivity contribution in [2.24, 2.45) is 0 Å². The molecule has 3 aromatic rings. The van der Waals surface area contributed by atoms with Crippen molar-refractivity contribution in [2.45, 2.75) is 20.4 Å². The molecular weight excluding hydrogens is 322 g/mol. The predicted molar refractivity (Wildman–Crippen MR) is 95.7 cm³/mol. The van der Waals surface area contributed by atoms with Gasteiger partial charge in [0.25, 0.3) is 5.91 Å². The van der Waals surface area contributed by atoms with Gasteiger partial charge in [-0.05, 0) is 31.4 Å². The topological polar surface area (TPSA) is 55.3 Å². The first-order valence-electron chi connectivity index (χ1n) is 7.59. The molecule has 0 fully saturated rings. The number of nitrogens with zero attached hydrogens (tertiary/aromatic N) is 3. The molecule has 0 atom stereocenters. The van der Waals surface area contributed by atoms with Gasteiger partial charge in [0.1, 0.15) is 5.75 Å². The van der Waals surface area contributed by atoms with Crippen molar-refractivity contribution in [1.29, 1.82) is 0 Å². The molecule has 0 aliphatic heterocycles. The summed E-state index contributed by atoms with van der Waals surface area (Å²) in [5.74, 6) is 0.751. The van der Waals surface area contributed by atoms with E-state index in [0.717, 1.165) is 32.8 Å². The maximum atomic E-state index is 12.7. The third kappa shape index (κ3) is 2.97. The van der Waals surface area contributed by atoms with E-state index >= 15 is 0 Å². The molecule has 0 spiro atoms. The Hall–Kier alpha value is -2.47. The number of pyridine rings is 2. The van der Waals surface area contributed by atoms with Crippen molar-refractivity contribution in [3.8, 4) is 5.75 Å². The summed E-state index contributed by atoms with van der Waals surface area (Å²) < 4.78 is 6.44. The van der Waals surface area contributed by atoms with Gasteiger partial charge in [0.15, 0.2) is 0 Å². The Kier molecular flexibility index (Phi) is 4.49. The standard InChI is InChI=1S/C18H19N3O2S/c1-11-8-19-15(12(2)17(11)23-4)10-21(3)18(22)13-7-16-14(20-9-13)5-6-24-16/h5-9H,10H2,1-4H3. The minimum Gasteiger partial charge on any atom is -0.496 e. The molecule has 0 aromatic carbocycles. The number of rotatable bonds is 4. The Morgan fingerprint density at radius 1 is 1.29 bits per heavy atom. The highest BCUT2D eigenvalue weighted by molar-refractivity contribution is 7.17. The second-order valence-corrected chi connectivity index (χ2v) is 6.68. The first kappa shape index (κ1) is 16.4. The molecule has 0 saturated carbocycles. The summed E-state index contributed by atoms with van der Waals surface area (Å²) in [6.07, 6.45) is 3.41. The molecule has 6 heteroatoms. The fourth-order valence-electron chi connectivity index (χ4n) is 2.71. The van der Waals surface area contributed by atoms with Crippen LogP contribution in [-0.4, -0.2) is 34.9 Å². The molecule has 3 rings (SSSR count). The zero-order chi connectivity index (χ0) is 17.3. The lowest BCUT2D eigenvalue weighted by Gasteiger charge is -2.19. The molecule has 0 bridgehead atoms. The van der Waals surface area contributed by atoms with Crippen LogP contribution in [0.1, 0.15) is 27.2 Å². The summed E-state index contributed by atoms with van der Waals surface area (Å²) in [5.41, 5.74) is 4.28. The SMILES string of the molecule is COc1c(C)cnc(CN(C)C(=O)c2cnc3ccsc3c2)c1C. The minimum atomic E-state index is -0.0708. The first-order valence-corrected chi connectivity index (χ1v) is 8.47. The molecule has 124 valence electrons. The first-order chi connectivity index (χ1) is 11.5. The molecular formula is C18H19N3O2S. The van der Waals surface area contributed by atoms with E-state index in [2.05, 4.69) is 9.97 Å². The van der Waals surface area contributed by atoms with E-state index in [4.69, 9.17) is 4.74 Å². The van der Waals surface area contributed by atoms with Crippen LogP contribution >= 0.6 is 11.3 Å². The maximum absolute atomic E-state index is 12.7. The third-order valence-electron chi connectivity index (χ3n) is 4.03. The number of carbonyl (C=O) groups excluding carboxylic acids is 1. The molecule has 3 heterocycles. The Bertz CT molecular complexity index is 904. The number of hydrogen-bond acceptors (Lipinski definition) is 5. The van der Waals surface area contributed by atoms with Crippen molar-refractivity contribution in [3.05, 3.63) is 52.3 Å². The second kappa shape index (κ2) is 6.57. The van der Waals surface area contributed by atoms with E-state index in [1.165, 1.54) is 0 Å². The van der Waals surface area contributed by atoms with Gasteiger partial charge in [-0.2, -0.15) is 0 Å². The normalized spacial score (nSPS) is 10.8. The van der Waals surface area contributed by atoms with Gasteiger partial charge in [-0.1, -0.05) is 0 Å². The van der Waals surface area contributed by atoms with Crippen LogP contribution < -0.4 is 4.74 Å². The number of amides is 1. The van der Waals surface area contributed by atoms with Crippen molar-refractivity contribution in [3.63, 3.8) is 0 Å². The van der Waals surface area contributed by atoms with Gasteiger partial charge in [-0.15, -0.1) is 11.3 Å². The van der Waals surface area contributed by atoms with Gasteiger partial charge >= 0.3 is 0 Å². The predicted octanol–water partition coefficient (Wildman–Crippen LogP) is 3.59. The average Bonchev–Trinajstić information content (AvgIpc) is 3.04. The Balaban J connectivity index is 1.84. The number of ether oxygens (including phenoxy) is 1. The van der Waals surface area contributed by atoms with Gasteiger partial charge in [0.2, 0.25) is 0 Å². The average molecular weight is 341 g/mol. The Labute approximate surface area is 144 Å². The van der Waals surface area contributed by atoms with E-state index in [-0.39, 0.29) is 5.91 Å². The number of methoxy groups -OCH3 is 1.